The van der Waals surface area contributed by atoms with Crippen LogP contribution in [0.5, 0.6) is 0 Å². The van der Waals surface area contributed by atoms with Crippen LogP contribution in [0, 0.1) is 0 Å². The molecular formula is C12H15N3OS. The lowest BCUT2D eigenvalue weighted by Gasteiger charge is -1.97. The Labute approximate surface area is 105 Å². The van der Waals surface area contributed by atoms with E-state index in [4.69, 9.17) is 4.42 Å². The van der Waals surface area contributed by atoms with Crippen LogP contribution in [0.25, 0.3) is 11.5 Å². The first-order valence-electron chi connectivity index (χ1n) is 5.45. The zero-order chi connectivity index (χ0) is 12.1. The molecular weight excluding hydrogens is 234 g/mol. The average Bonchev–Trinajstić information content (AvgIpc) is 2.85. The van der Waals surface area contributed by atoms with E-state index in [0.717, 1.165) is 18.5 Å². The van der Waals surface area contributed by atoms with Gasteiger partial charge in [0.15, 0.2) is 0 Å². The normalized spacial score (nSPS) is 10.7. The van der Waals surface area contributed by atoms with Gasteiger partial charge in [-0.1, -0.05) is 0 Å². The van der Waals surface area contributed by atoms with Crippen molar-refractivity contribution in [1.82, 2.24) is 15.5 Å². The van der Waals surface area contributed by atoms with Gasteiger partial charge in [0.2, 0.25) is 11.8 Å². The summed E-state index contributed by atoms with van der Waals surface area (Å²) in [4.78, 5) is 1.23. The van der Waals surface area contributed by atoms with Crippen LogP contribution in [-0.2, 0) is 6.42 Å². The standard InChI is InChI=1S/C12H15N3OS/c1-13-8-7-11-14-15-12(16-11)9-3-5-10(17-2)6-4-9/h3-6,13H,7-8H2,1-2H3. The number of aromatic nitrogens is 2. The van der Waals surface area contributed by atoms with Crippen LogP contribution in [0.3, 0.4) is 0 Å². The smallest absolute Gasteiger partial charge is 0.247 e. The van der Waals surface area contributed by atoms with Crippen LogP contribution in [0.4, 0.5) is 0 Å². The second-order valence-corrected chi connectivity index (χ2v) is 4.46. The van der Waals surface area contributed by atoms with Crippen molar-refractivity contribution < 1.29 is 4.42 Å². The maximum atomic E-state index is 5.58. The third-order valence-corrected chi connectivity index (χ3v) is 3.14. The molecule has 5 heteroatoms. The molecule has 0 unspecified atom stereocenters. The SMILES string of the molecule is CNCCc1nnc(-c2ccc(SC)cc2)o1. The van der Waals surface area contributed by atoms with E-state index in [1.807, 2.05) is 19.2 Å². The van der Waals surface area contributed by atoms with Gasteiger partial charge in [-0.15, -0.1) is 22.0 Å². The van der Waals surface area contributed by atoms with Crippen LogP contribution in [0.15, 0.2) is 33.6 Å². The van der Waals surface area contributed by atoms with Crippen molar-refractivity contribution in [3.8, 4) is 11.5 Å². The van der Waals surface area contributed by atoms with Crippen LogP contribution < -0.4 is 5.32 Å². The van der Waals surface area contributed by atoms with Gasteiger partial charge in [0.05, 0.1) is 0 Å². The molecule has 90 valence electrons. The molecule has 1 heterocycles. The summed E-state index contributed by atoms with van der Waals surface area (Å²) in [6.45, 7) is 0.840. The highest BCUT2D eigenvalue weighted by Crippen LogP contribution is 2.21. The summed E-state index contributed by atoms with van der Waals surface area (Å²) in [5.41, 5.74) is 0.964. The lowest BCUT2D eigenvalue weighted by Crippen LogP contribution is -2.10. The van der Waals surface area contributed by atoms with E-state index < -0.39 is 0 Å². The summed E-state index contributed by atoms with van der Waals surface area (Å²) < 4.78 is 5.58. The van der Waals surface area contributed by atoms with Crippen molar-refractivity contribution in [2.24, 2.45) is 0 Å². The Bertz CT molecular complexity index is 467. The van der Waals surface area contributed by atoms with Crippen LogP contribution in [-0.4, -0.2) is 30.0 Å². The highest BCUT2D eigenvalue weighted by atomic mass is 32.2. The van der Waals surface area contributed by atoms with Gasteiger partial charge in [-0.05, 0) is 37.6 Å². The summed E-state index contributed by atoms with van der Waals surface area (Å²) in [6, 6.07) is 8.11. The van der Waals surface area contributed by atoms with E-state index in [-0.39, 0.29) is 0 Å². The molecule has 1 N–H and O–H groups in total. The van der Waals surface area contributed by atoms with Gasteiger partial charge in [0.25, 0.3) is 0 Å². The first-order valence-corrected chi connectivity index (χ1v) is 6.67. The molecule has 4 nitrogen and oxygen atoms in total. The zero-order valence-corrected chi connectivity index (χ0v) is 10.8. The number of nitrogens with zero attached hydrogens (tertiary/aromatic N) is 2. The largest absolute Gasteiger partial charge is 0.421 e. The maximum Gasteiger partial charge on any atom is 0.247 e. The van der Waals surface area contributed by atoms with Crippen molar-refractivity contribution in [3.05, 3.63) is 30.2 Å². The lowest BCUT2D eigenvalue weighted by molar-refractivity contribution is 0.500. The second kappa shape index (κ2) is 5.84. The molecule has 2 rings (SSSR count). The topological polar surface area (TPSA) is 51.0 Å². The van der Waals surface area contributed by atoms with E-state index in [1.165, 1.54) is 4.90 Å². The monoisotopic (exact) mass is 249 g/mol. The Hall–Kier alpha value is -1.33. The zero-order valence-electron chi connectivity index (χ0n) is 9.93. The number of thioether (sulfide) groups is 1. The highest BCUT2D eigenvalue weighted by molar-refractivity contribution is 7.98. The Balaban J connectivity index is 2.12. The molecule has 0 aliphatic rings. The highest BCUT2D eigenvalue weighted by Gasteiger charge is 2.07. The van der Waals surface area contributed by atoms with Crippen LogP contribution in [0.1, 0.15) is 5.89 Å². The molecule has 1 aromatic heterocycles. The number of likely N-dealkylation sites (N-methyl/N-ethyl adjacent to an activating group) is 1. The third kappa shape index (κ3) is 3.08. The molecule has 2 aromatic rings. The number of rotatable bonds is 5. The van der Waals surface area contributed by atoms with Gasteiger partial charge in [0, 0.05) is 23.4 Å². The van der Waals surface area contributed by atoms with E-state index >= 15 is 0 Å². The fraction of sp³-hybridized carbons (Fsp3) is 0.333. The second-order valence-electron chi connectivity index (χ2n) is 3.58. The quantitative estimate of drug-likeness (QED) is 0.823. The minimum Gasteiger partial charge on any atom is -0.421 e. The molecule has 0 aliphatic heterocycles. The van der Waals surface area contributed by atoms with Crippen molar-refractivity contribution in [2.75, 3.05) is 19.8 Å². The first-order chi connectivity index (χ1) is 8.33. The number of hydrogen-bond donors (Lipinski definition) is 1. The fourth-order valence-corrected chi connectivity index (χ4v) is 1.85. The van der Waals surface area contributed by atoms with Gasteiger partial charge in [0.1, 0.15) is 0 Å². The van der Waals surface area contributed by atoms with Gasteiger partial charge in [-0.3, -0.25) is 0 Å². The van der Waals surface area contributed by atoms with Crippen molar-refractivity contribution in [1.29, 1.82) is 0 Å². The molecule has 0 saturated heterocycles. The summed E-state index contributed by atoms with van der Waals surface area (Å²) in [6.07, 6.45) is 2.81. The summed E-state index contributed by atoms with van der Waals surface area (Å²) in [5, 5.41) is 11.1. The molecule has 0 bridgehead atoms. The van der Waals surface area contributed by atoms with Crippen molar-refractivity contribution in [3.63, 3.8) is 0 Å². The van der Waals surface area contributed by atoms with Crippen molar-refractivity contribution in [2.45, 2.75) is 11.3 Å². The maximum absolute atomic E-state index is 5.58. The number of nitrogens with one attached hydrogen (secondary N) is 1. The van der Waals surface area contributed by atoms with E-state index in [1.54, 1.807) is 11.8 Å². The molecule has 0 atom stereocenters. The summed E-state index contributed by atoms with van der Waals surface area (Å²) in [7, 11) is 1.90. The predicted octanol–water partition coefficient (Wildman–Crippen LogP) is 2.22. The van der Waals surface area contributed by atoms with E-state index in [2.05, 4.69) is 33.9 Å². The molecule has 0 radical (unpaired) electrons. The minimum atomic E-state index is 0.587. The fourth-order valence-electron chi connectivity index (χ4n) is 1.44. The van der Waals surface area contributed by atoms with E-state index in [9.17, 15) is 0 Å². The molecule has 0 fully saturated rings. The van der Waals surface area contributed by atoms with Gasteiger partial charge in [-0.2, -0.15) is 0 Å². The molecule has 1 aromatic carbocycles. The Kier molecular flexibility index (Phi) is 4.17. The summed E-state index contributed by atoms with van der Waals surface area (Å²) in [5.74, 6) is 1.26. The molecule has 17 heavy (non-hydrogen) atoms. The Morgan fingerprint density at radius 1 is 1.24 bits per heavy atom. The van der Waals surface area contributed by atoms with Crippen molar-refractivity contribution >= 4 is 11.8 Å². The lowest BCUT2D eigenvalue weighted by atomic mass is 10.2. The van der Waals surface area contributed by atoms with E-state index in [0.29, 0.717) is 11.8 Å². The third-order valence-electron chi connectivity index (χ3n) is 2.39. The molecule has 0 spiro atoms. The molecule has 0 aliphatic carbocycles. The van der Waals surface area contributed by atoms with Gasteiger partial charge in [-0.25, -0.2) is 0 Å². The average molecular weight is 249 g/mol. The molecule has 0 saturated carbocycles. The number of hydrogen-bond acceptors (Lipinski definition) is 5. The summed E-state index contributed by atoms with van der Waals surface area (Å²) >= 11 is 1.71. The number of benzene rings is 1. The Morgan fingerprint density at radius 3 is 2.65 bits per heavy atom. The first kappa shape index (κ1) is 12.1. The predicted molar refractivity (Wildman–Crippen MR) is 69.1 cm³/mol. The van der Waals surface area contributed by atoms with Crippen LogP contribution in [0.2, 0.25) is 0 Å². The van der Waals surface area contributed by atoms with Gasteiger partial charge < -0.3 is 9.73 Å². The van der Waals surface area contributed by atoms with Gasteiger partial charge >= 0.3 is 0 Å². The minimum absolute atomic E-state index is 0.587. The molecule has 0 amide bonds. The van der Waals surface area contributed by atoms with Crippen LogP contribution >= 0.6 is 11.8 Å². The Morgan fingerprint density at radius 2 is 2.00 bits per heavy atom.